The van der Waals surface area contributed by atoms with Crippen LogP contribution in [-0.4, -0.2) is 37.2 Å². The molecule has 0 radical (unpaired) electrons. The molecule has 0 saturated carbocycles. The summed E-state index contributed by atoms with van der Waals surface area (Å²) in [6.45, 7) is 6.33. The Hall–Kier alpha value is -4.19. The highest BCUT2D eigenvalue weighted by atomic mass is 16.6. The molecule has 0 N–H and O–H groups in total. The van der Waals surface area contributed by atoms with Crippen LogP contribution in [0.15, 0.2) is 122 Å². The van der Waals surface area contributed by atoms with Crippen LogP contribution in [0.3, 0.4) is 0 Å². The van der Waals surface area contributed by atoms with E-state index < -0.39 is 12.1 Å². The second-order valence-corrected chi connectivity index (χ2v) is 16.1. The first-order valence-corrected chi connectivity index (χ1v) is 25.1. The van der Waals surface area contributed by atoms with E-state index in [1.165, 1.54) is 44.9 Å². The van der Waals surface area contributed by atoms with Crippen molar-refractivity contribution in [3.05, 3.63) is 122 Å². The molecule has 6 nitrogen and oxygen atoms in total. The molecule has 0 spiro atoms. The molecule has 0 amide bonds. The fourth-order valence-electron chi connectivity index (χ4n) is 6.25. The molecule has 1 atom stereocenters. The molecule has 0 aliphatic carbocycles. The van der Waals surface area contributed by atoms with Crippen LogP contribution in [0, 0.1) is 0 Å². The van der Waals surface area contributed by atoms with Gasteiger partial charge < -0.3 is 14.2 Å². The summed E-state index contributed by atoms with van der Waals surface area (Å²) >= 11 is 0. The normalized spacial score (nSPS) is 13.1. The number of carbonyl (C=O) groups excluding carboxylic acids is 3. The molecule has 0 rings (SSSR count). The van der Waals surface area contributed by atoms with Crippen molar-refractivity contribution >= 4 is 17.9 Å². The van der Waals surface area contributed by atoms with Gasteiger partial charge in [0.1, 0.15) is 13.2 Å². The summed E-state index contributed by atoms with van der Waals surface area (Å²) in [6, 6.07) is 0. The fourth-order valence-corrected chi connectivity index (χ4v) is 6.25. The Morgan fingerprint density at radius 1 is 0.349 bits per heavy atom. The topological polar surface area (TPSA) is 78.9 Å². The number of hydrogen-bond acceptors (Lipinski definition) is 6. The van der Waals surface area contributed by atoms with Gasteiger partial charge >= 0.3 is 17.9 Å². The number of ether oxygens (including phenoxy) is 3. The molecule has 0 bridgehead atoms. The minimum atomic E-state index is -0.833. The van der Waals surface area contributed by atoms with Crippen molar-refractivity contribution in [2.24, 2.45) is 0 Å². The molecule has 0 aromatic rings. The van der Waals surface area contributed by atoms with Crippen molar-refractivity contribution in [1.82, 2.24) is 0 Å². The standard InChI is InChI=1S/C57H90O6/c1-4-7-10-13-16-19-22-24-26-28-29-31-32-35-38-41-44-47-50-56(59)62-53-54(52-61-55(58)49-46-43-40-37-34-21-18-15-12-9-6-3)63-57(60)51-48-45-42-39-36-33-30-27-25-23-20-17-14-11-8-5-2/h8,11,15-20,22,24-29,31,33,36,42,45,54H,4-7,9-10,12-14,21,23,30,32,34-35,37-41,43-44,46-53H2,1-3H3/b11-8-,18-15-,19-16-,20-17-,24-22-,27-25-,28-26-,31-29-,36-33-,45-42-. The van der Waals surface area contributed by atoms with Gasteiger partial charge in [-0.25, -0.2) is 0 Å². The first-order chi connectivity index (χ1) is 31.0. The van der Waals surface area contributed by atoms with Crippen LogP contribution in [0.4, 0.5) is 0 Å². The largest absolute Gasteiger partial charge is 0.462 e. The molecule has 354 valence electrons. The lowest BCUT2D eigenvalue weighted by molar-refractivity contribution is -0.166. The summed E-state index contributed by atoms with van der Waals surface area (Å²) in [6.07, 6.45) is 69.0. The third-order valence-corrected chi connectivity index (χ3v) is 10.0. The van der Waals surface area contributed by atoms with Crippen molar-refractivity contribution < 1.29 is 28.6 Å². The third kappa shape index (κ3) is 48.7. The Kier molecular flexibility index (Phi) is 47.1. The van der Waals surface area contributed by atoms with E-state index in [4.69, 9.17) is 14.2 Å². The minimum absolute atomic E-state index is 0.124. The fraction of sp³-hybridized carbons (Fsp3) is 0.596. The SMILES string of the molecule is CC/C=C\C/C=C\C/C=C\C/C=C\C/C=C\CCC(=O)OC(COC(=O)CCCCCCC\C=C/C=C\C=C/C=C\CCCCC)COC(=O)CCCCCCC/C=C\CCCC. The van der Waals surface area contributed by atoms with Crippen LogP contribution in [0.25, 0.3) is 0 Å². The molecule has 0 heterocycles. The Morgan fingerprint density at radius 3 is 1.22 bits per heavy atom. The van der Waals surface area contributed by atoms with Crippen LogP contribution in [0.1, 0.15) is 201 Å². The van der Waals surface area contributed by atoms with Crippen molar-refractivity contribution in [2.45, 2.75) is 207 Å². The minimum Gasteiger partial charge on any atom is -0.462 e. The zero-order valence-electron chi connectivity index (χ0n) is 40.3. The predicted molar refractivity (Wildman–Crippen MR) is 269 cm³/mol. The average molecular weight is 871 g/mol. The second-order valence-electron chi connectivity index (χ2n) is 16.1. The lowest BCUT2D eigenvalue weighted by atomic mass is 10.1. The maximum atomic E-state index is 12.7. The monoisotopic (exact) mass is 871 g/mol. The molecule has 0 aliphatic rings. The third-order valence-electron chi connectivity index (χ3n) is 10.0. The summed E-state index contributed by atoms with van der Waals surface area (Å²) in [7, 11) is 0. The summed E-state index contributed by atoms with van der Waals surface area (Å²) in [5.74, 6) is -1.05. The van der Waals surface area contributed by atoms with Gasteiger partial charge in [0.05, 0.1) is 0 Å². The number of esters is 3. The van der Waals surface area contributed by atoms with Gasteiger partial charge in [-0.1, -0.05) is 206 Å². The Morgan fingerprint density at radius 2 is 0.730 bits per heavy atom. The summed E-state index contributed by atoms with van der Waals surface area (Å²) in [5, 5.41) is 0. The Labute approximate surface area is 386 Å². The highest BCUT2D eigenvalue weighted by molar-refractivity contribution is 5.71. The molecule has 0 saturated heterocycles. The van der Waals surface area contributed by atoms with E-state index in [-0.39, 0.29) is 31.6 Å². The molecule has 0 aliphatic heterocycles. The van der Waals surface area contributed by atoms with Gasteiger partial charge in [-0.15, -0.1) is 0 Å². The molecule has 0 aromatic heterocycles. The zero-order chi connectivity index (χ0) is 45.8. The lowest BCUT2D eigenvalue weighted by Gasteiger charge is -2.18. The second kappa shape index (κ2) is 50.5. The quantitative estimate of drug-likeness (QED) is 0.0200. The van der Waals surface area contributed by atoms with E-state index in [1.54, 1.807) is 0 Å². The lowest BCUT2D eigenvalue weighted by Crippen LogP contribution is -2.30. The number of hydrogen-bond donors (Lipinski definition) is 0. The van der Waals surface area contributed by atoms with Crippen LogP contribution < -0.4 is 0 Å². The van der Waals surface area contributed by atoms with E-state index in [1.807, 2.05) is 12.2 Å². The van der Waals surface area contributed by atoms with Crippen LogP contribution in [0.5, 0.6) is 0 Å². The highest BCUT2D eigenvalue weighted by Crippen LogP contribution is 2.12. The maximum Gasteiger partial charge on any atom is 0.306 e. The van der Waals surface area contributed by atoms with Crippen molar-refractivity contribution in [1.29, 1.82) is 0 Å². The summed E-state index contributed by atoms with van der Waals surface area (Å²) in [4.78, 5) is 37.9. The zero-order valence-corrected chi connectivity index (χ0v) is 40.3. The average Bonchev–Trinajstić information content (AvgIpc) is 3.28. The molecule has 6 heteroatoms. The number of rotatable bonds is 43. The van der Waals surface area contributed by atoms with Gasteiger partial charge in [0.15, 0.2) is 6.10 Å². The van der Waals surface area contributed by atoms with Crippen molar-refractivity contribution in [2.75, 3.05) is 13.2 Å². The molecule has 1 unspecified atom stereocenters. The van der Waals surface area contributed by atoms with Crippen LogP contribution >= 0.6 is 0 Å². The first-order valence-electron chi connectivity index (χ1n) is 25.1. The Balaban J connectivity index is 4.56. The molecular weight excluding hydrogens is 781 g/mol. The van der Waals surface area contributed by atoms with E-state index in [0.717, 1.165) is 109 Å². The van der Waals surface area contributed by atoms with Gasteiger partial charge in [0, 0.05) is 19.3 Å². The van der Waals surface area contributed by atoms with Crippen molar-refractivity contribution in [3.63, 3.8) is 0 Å². The number of unbranched alkanes of at least 4 members (excludes halogenated alkanes) is 15. The summed E-state index contributed by atoms with van der Waals surface area (Å²) < 4.78 is 16.7. The van der Waals surface area contributed by atoms with E-state index in [2.05, 4.69) is 130 Å². The van der Waals surface area contributed by atoms with Gasteiger partial charge in [0.25, 0.3) is 0 Å². The van der Waals surface area contributed by atoms with E-state index in [9.17, 15) is 14.4 Å². The van der Waals surface area contributed by atoms with E-state index >= 15 is 0 Å². The number of carbonyl (C=O) groups is 3. The molecule has 0 fully saturated rings. The van der Waals surface area contributed by atoms with Crippen LogP contribution in [0.2, 0.25) is 0 Å². The number of allylic oxidation sites excluding steroid dienone is 20. The maximum absolute atomic E-state index is 12.7. The van der Waals surface area contributed by atoms with Gasteiger partial charge in [-0.3, -0.25) is 14.4 Å². The predicted octanol–water partition coefficient (Wildman–Crippen LogP) is 16.5. The van der Waals surface area contributed by atoms with Gasteiger partial charge in [-0.05, 0) is 96.3 Å². The smallest absolute Gasteiger partial charge is 0.306 e. The van der Waals surface area contributed by atoms with Gasteiger partial charge in [0.2, 0.25) is 0 Å². The molecule has 63 heavy (non-hydrogen) atoms. The first kappa shape index (κ1) is 58.8. The van der Waals surface area contributed by atoms with Crippen LogP contribution in [-0.2, 0) is 28.6 Å². The molecular formula is C57H90O6. The molecule has 0 aromatic carbocycles. The Bertz CT molecular complexity index is 1370. The van der Waals surface area contributed by atoms with Crippen molar-refractivity contribution in [3.8, 4) is 0 Å². The summed E-state index contributed by atoms with van der Waals surface area (Å²) in [5.41, 5.74) is 0. The van der Waals surface area contributed by atoms with E-state index in [0.29, 0.717) is 19.3 Å². The van der Waals surface area contributed by atoms with Gasteiger partial charge in [-0.2, -0.15) is 0 Å². The highest BCUT2D eigenvalue weighted by Gasteiger charge is 2.19.